The van der Waals surface area contributed by atoms with Gasteiger partial charge in [0.05, 0.1) is 18.3 Å². The number of aromatic amines is 1. The van der Waals surface area contributed by atoms with Crippen LogP contribution in [-0.2, 0) is 17.7 Å². The first-order valence-electron chi connectivity index (χ1n) is 7.66. The molecule has 0 saturated heterocycles. The number of ether oxygens (including phenoxy) is 1. The molecule has 0 amide bonds. The molecule has 118 valence electrons. The van der Waals surface area contributed by atoms with E-state index in [1.165, 1.54) is 15.8 Å². The highest BCUT2D eigenvalue weighted by atomic mass is 16.5. The second-order valence-corrected chi connectivity index (χ2v) is 5.81. The second kappa shape index (κ2) is 5.55. The third kappa shape index (κ3) is 2.51. The fraction of sp³-hybridized carbons (Fsp3) is 0.294. The van der Waals surface area contributed by atoms with Crippen LogP contribution in [-0.4, -0.2) is 34.4 Å². The van der Waals surface area contributed by atoms with Crippen LogP contribution >= 0.6 is 0 Å². The van der Waals surface area contributed by atoms with Crippen LogP contribution in [0.25, 0.3) is 5.65 Å². The van der Waals surface area contributed by atoms with Crippen LogP contribution in [0.4, 0.5) is 5.69 Å². The zero-order valence-corrected chi connectivity index (χ0v) is 12.9. The molecule has 0 aliphatic carbocycles. The Morgan fingerprint density at radius 3 is 3.09 bits per heavy atom. The minimum atomic E-state index is -0.0939. The van der Waals surface area contributed by atoms with Crippen LogP contribution in [0.5, 0.6) is 0 Å². The summed E-state index contributed by atoms with van der Waals surface area (Å²) < 4.78 is 7.00. The van der Waals surface area contributed by atoms with Crippen molar-refractivity contribution in [1.82, 2.24) is 14.6 Å². The number of hydrogen-bond acceptors (Lipinski definition) is 4. The van der Waals surface area contributed by atoms with Crippen LogP contribution in [0.2, 0.25) is 0 Å². The largest absolute Gasteiger partial charge is 0.379 e. The number of hydrogen-bond donors (Lipinski definition) is 1. The Morgan fingerprint density at radius 2 is 2.22 bits per heavy atom. The van der Waals surface area contributed by atoms with E-state index in [2.05, 4.69) is 27.1 Å². The van der Waals surface area contributed by atoms with Gasteiger partial charge in [0.2, 0.25) is 0 Å². The van der Waals surface area contributed by atoms with Gasteiger partial charge in [0, 0.05) is 44.1 Å². The molecule has 1 N–H and O–H groups in total. The van der Waals surface area contributed by atoms with E-state index in [1.807, 2.05) is 12.1 Å². The van der Waals surface area contributed by atoms with Gasteiger partial charge < -0.3 is 9.64 Å². The third-order valence-electron chi connectivity index (χ3n) is 4.32. The summed E-state index contributed by atoms with van der Waals surface area (Å²) >= 11 is 0. The number of H-pyrrole nitrogens is 1. The molecular formula is C17H18N4O2. The molecule has 1 unspecified atom stereocenters. The van der Waals surface area contributed by atoms with Gasteiger partial charge in [0.25, 0.3) is 5.56 Å². The lowest BCUT2D eigenvalue weighted by atomic mass is 9.99. The van der Waals surface area contributed by atoms with Crippen molar-refractivity contribution in [1.29, 1.82) is 0 Å². The molecule has 3 aromatic rings. The predicted octanol–water partition coefficient (Wildman–Crippen LogP) is 1.60. The highest BCUT2D eigenvalue weighted by Gasteiger charge is 2.24. The van der Waals surface area contributed by atoms with Crippen molar-refractivity contribution in [3.63, 3.8) is 0 Å². The average Bonchev–Trinajstić information content (AvgIpc) is 3.04. The van der Waals surface area contributed by atoms with Crippen LogP contribution in [0.15, 0.2) is 47.4 Å². The molecule has 0 radical (unpaired) electrons. The standard InChI is InChI=1S/C17H18N4O2/c1-23-14-8-12-4-2-3-5-15(12)20(11-14)10-13-9-17(22)21-16(19-13)6-7-18-21/h2-7,9,14,18H,8,10-11H2,1H3. The van der Waals surface area contributed by atoms with Gasteiger partial charge in [-0.1, -0.05) is 18.2 Å². The number of aromatic nitrogens is 3. The number of rotatable bonds is 3. The normalized spacial score (nSPS) is 17.4. The minimum Gasteiger partial charge on any atom is -0.379 e. The third-order valence-corrected chi connectivity index (χ3v) is 4.32. The van der Waals surface area contributed by atoms with Crippen LogP contribution in [0.1, 0.15) is 11.3 Å². The Morgan fingerprint density at radius 1 is 1.35 bits per heavy atom. The van der Waals surface area contributed by atoms with Gasteiger partial charge in [0.15, 0.2) is 5.65 Å². The second-order valence-electron chi connectivity index (χ2n) is 5.81. The van der Waals surface area contributed by atoms with Crippen molar-refractivity contribution >= 4 is 11.3 Å². The highest BCUT2D eigenvalue weighted by molar-refractivity contribution is 5.56. The van der Waals surface area contributed by atoms with Crippen molar-refractivity contribution in [2.45, 2.75) is 19.1 Å². The first kappa shape index (κ1) is 14.0. The molecule has 2 aromatic heterocycles. The Labute approximate surface area is 133 Å². The lowest BCUT2D eigenvalue weighted by Crippen LogP contribution is -2.39. The number of benzene rings is 1. The maximum atomic E-state index is 12.1. The summed E-state index contributed by atoms with van der Waals surface area (Å²) in [6.45, 7) is 1.38. The summed E-state index contributed by atoms with van der Waals surface area (Å²) in [6, 6.07) is 11.7. The number of fused-ring (bicyclic) bond motifs is 2. The zero-order valence-electron chi connectivity index (χ0n) is 12.9. The Hall–Kier alpha value is -2.60. The van der Waals surface area contributed by atoms with Crippen molar-refractivity contribution in [3.8, 4) is 0 Å². The van der Waals surface area contributed by atoms with E-state index in [-0.39, 0.29) is 11.7 Å². The van der Waals surface area contributed by atoms with Crippen molar-refractivity contribution in [2.24, 2.45) is 0 Å². The lowest BCUT2D eigenvalue weighted by Gasteiger charge is -2.35. The van der Waals surface area contributed by atoms with E-state index in [0.29, 0.717) is 12.2 Å². The van der Waals surface area contributed by atoms with Gasteiger partial charge in [-0.3, -0.25) is 9.89 Å². The molecule has 6 nitrogen and oxygen atoms in total. The van der Waals surface area contributed by atoms with E-state index in [1.54, 1.807) is 25.4 Å². The molecule has 0 bridgehead atoms. The summed E-state index contributed by atoms with van der Waals surface area (Å²) in [7, 11) is 1.74. The molecule has 0 spiro atoms. The summed E-state index contributed by atoms with van der Waals surface area (Å²) in [6.07, 6.45) is 2.78. The van der Waals surface area contributed by atoms with Crippen LogP contribution in [0, 0.1) is 0 Å². The SMILES string of the molecule is COC1Cc2ccccc2N(Cc2cc(=O)n3[nH]ccc3n2)C1. The molecule has 1 aliphatic rings. The van der Waals surface area contributed by atoms with E-state index >= 15 is 0 Å². The zero-order chi connectivity index (χ0) is 15.8. The lowest BCUT2D eigenvalue weighted by molar-refractivity contribution is 0.104. The summed E-state index contributed by atoms with van der Waals surface area (Å²) in [5, 5.41) is 2.86. The van der Waals surface area contributed by atoms with Gasteiger partial charge >= 0.3 is 0 Å². The number of nitrogens with zero attached hydrogens (tertiary/aromatic N) is 3. The van der Waals surface area contributed by atoms with Crippen molar-refractivity contribution < 1.29 is 4.74 Å². The first-order valence-corrected chi connectivity index (χ1v) is 7.66. The summed E-state index contributed by atoms with van der Waals surface area (Å²) in [4.78, 5) is 18.9. The van der Waals surface area contributed by atoms with Gasteiger partial charge in [-0.05, 0) is 11.6 Å². The monoisotopic (exact) mass is 310 g/mol. The Kier molecular flexibility index (Phi) is 3.38. The van der Waals surface area contributed by atoms with Crippen molar-refractivity contribution in [2.75, 3.05) is 18.6 Å². The van der Waals surface area contributed by atoms with E-state index in [0.717, 1.165) is 18.7 Å². The number of anilines is 1. The molecule has 4 rings (SSSR count). The van der Waals surface area contributed by atoms with Gasteiger partial charge in [0.1, 0.15) is 0 Å². The number of para-hydroxylation sites is 1. The highest BCUT2D eigenvalue weighted by Crippen LogP contribution is 2.28. The fourth-order valence-corrected chi connectivity index (χ4v) is 3.21. The fourth-order valence-electron chi connectivity index (χ4n) is 3.21. The Balaban J connectivity index is 1.70. The number of nitrogens with one attached hydrogen (secondary N) is 1. The smallest absolute Gasteiger partial charge is 0.272 e. The Bertz CT molecular complexity index is 899. The molecule has 6 heteroatoms. The maximum absolute atomic E-state index is 12.1. The quantitative estimate of drug-likeness (QED) is 0.798. The van der Waals surface area contributed by atoms with Crippen LogP contribution in [0.3, 0.4) is 0 Å². The summed E-state index contributed by atoms with van der Waals surface area (Å²) in [5.41, 5.74) is 3.77. The maximum Gasteiger partial charge on any atom is 0.272 e. The van der Waals surface area contributed by atoms with Gasteiger partial charge in [-0.15, -0.1) is 0 Å². The molecule has 0 saturated carbocycles. The number of methoxy groups -OCH3 is 1. The van der Waals surface area contributed by atoms with Crippen LogP contribution < -0.4 is 10.5 Å². The minimum absolute atomic E-state index is 0.0939. The molecule has 0 fully saturated rings. The first-order chi connectivity index (χ1) is 11.2. The topological polar surface area (TPSA) is 62.6 Å². The molecule has 1 atom stereocenters. The average molecular weight is 310 g/mol. The van der Waals surface area contributed by atoms with Crippen molar-refractivity contribution in [3.05, 3.63) is 64.2 Å². The summed E-state index contributed by atoms with van der Waals surface area (Å²) in [5.74, 6) is 0. The molecule has 3 heterocycles. The van der Waals surface area contributed by atoms with E-state index < -0.39 is 0 Å². The van der Waals surface area contributed by atoms with E-state index in [4.69, 9.17) is 4.74 Å². The molecule has 1 aliphatic heterocycles. The molecule has 23 heavy (non-hydrogen) atoms. The molecular weight excluding hydrogens is 292 g/mol. The molecule has 1 aromatic carbocycles. The van der Waals surface area contributed by atoms with Gasteiger partial charge in [-0.25, -0.2) is 9.50 Å². The van der Waals surface area contributed by atoms with Gasteiger partial charge in [-0.2, -0.15) is 0 Å². The van der Waals surface area contributed by atoms with E-state index in [9.17, 15) is 4.79 Å². The predicted molar refractivity (Wildman–Crippen MR) is 87.8 cm³/mol.